The van der Waals surface area contributed by atoms with Crippen LogP contribution in [0.4, 0.5) is 18.9 Å². The van der Waals surface area contributed by atoms with E-state index in [1.165, 1.54) is 48.8 Å². The average Bonchev–Trinajstić information content (AvgIpc) is 3.62. The fraction of sp³-hybridized carbons (Fsp3) is 0.667. The van der Waals surface area contributed by atoms with Gasteiger partial charge >= 0.3 is 0 Å². The van der Waals surface area contributed by atoms with Crippen LogP contribution in [0.15, 0.2) is 24.3 Å². The number of alkyl halides is 2. The van der Waals surface area contributed by atoms with E-state index in [2.05, 4.69) is 26.1 Å². The van der Waals surface area contributed by atoms with E-state index in [1.807, 2.05) is 11.0 Å². The third kappa shape index (κ3) is 12.8. The number of hydrogen-bond donors (Lipinski definition) is 3. The van der Waals surface area contributed by atoms with Crippen molar-refractivity contribution in [3.05, 3.63) is 30.1 Å². The molecular formula is C30H46F3N5O4. The first-order chi connectivity index (χ1) is 20.0. The first-order valence-corrected chi connectivity index (χ1v) is 14.4. The number of carbonyl (C=O) groups excluding carboxylic acids is 3. The summed E-state index contributed by atoms with van der Waals surface area (Å²) in [5, 5.41) is 19.3. The Bertz CT molecular complexity index is 989. The van der Waals surface area contributed by atoms with Gasteiger partial charge < -0.3 is 26.0 Å². The van der Waals surface area contributed by atoms with Gasteiger partial charge in [-0.05, 0) is 49.1 Å². The molecule has 3 aliphatic rings. The number of nitrogens with two attached hydrogens (primary N) is 1. The van der Waals surface area contributed by atoms with Gasteiger partial charge in [0.05, 0.1) is 24.2 Å². The van der Waals surface area contributed by atoms with Gasteiger partial charge in [0.1, 0.15) is 31.3 Å². The number of nitriles is 1. The number of rotatable bonds is 6. The number of para-hydroxylation sites is 1. The van der Waals surface area contributed by atoms with Crippen LogP contribution in [0.2, 0.25) is 0 Å². The molecule has 2 saturated heterocycles. The molecular weight excluding hydrogens is 551 g/mol. The number of nitrogens with one attached hydrogen (secondary N) is 1. The summed E-state index contributed by atoms with van der Waals surface area (Å²) in [5.74, 6) is 1.14. The maximum absolute atomic E-state index is 13.4. The van der Waals surface area contributed by atoms with Crippen LogP contribution >= 0.6 is 0 Å². The second-order valence-electron chi connectivity index (χ2n) is 11.4. The summed E-state index contributed by atoms with van der Waals surface area (Å²) in [4.78, 5) is 37.3. The minimum absolute atomic E-state index is 0.102. The van der Waals surface area contributed by atoms with E-state index in [9.17, 15) is 27.6 Å². The smallest absolute Gasteiger partial charge is 0.236 e. The maximum atomic E-state index is 13.4. The second-order valence-corrected chi connectivity index (χ2v) is 11.4. The van der Waals surface area contributed by atoms with Gasteiger partial charge in [-0.3, -0.25) is 14.4 Å². The number of nitrogens with zero attached hydrogens (tertiary/aromatic N) is 3. The Morgan fingerprint density at radius 1 is 1.12 bits per heavy atom. The van der Waals surface area contributed by atoms with E-state index in [4.69, 9.17) is 16.1 Å². The van der Waals surface area contributed by atoms with Gasteiger partial charge in [0.2, 0.25) is 18.2 Å². The van der Waals surface area contributed by atoms with Crippen molar-refractivity contribution >= 4 is 23.9 Å². The third-order valence-electron chi connectivity index (χ3n) is 6.99. The fourth-order valence-electron chi connectivity index (χ4n) is 4.87. The van der Waals surface area contributed by atoms with Crippen LogP contribution in [0.25, 0.3) is 0 Å². The zero-order valence-electron chi connectivity index (χ0n) is 24.9. The largest absolute Gasteiger partial charge is 0.388 e. The molecule has 4 unspecified atom stereocenters. The standard InChI is InChI=1S/C13H12FN3O2.C10H18N2O.C4H10.C3H6F2O/c14-11-3-1-2-4-12(11)16-13(19)9-5-10(6-15)17(7-9)8-18;11-5-10(13)12-6-8-3-1-2-4-9(8)7-12;1-4(2)3;4-1-3(6)2-5/h1-4,8-10H,5,7H2,(H,16,19);8-9H,1-7,11H2;4H,1-3H3;3,6H,1-2H2. The van der Waals surface area contributed by atoms with Crippen LogP contribution in [-0.4, -0.2) is 84.8 Å². The first-order valence-electron chi connectivity index (χ1n) is 14.4. The van der Waals surface area contributed by atoms with Crippen LogP contribution in [-0.2, 0) is 14.4 Å². The number of carbonyl (C=O) groups is 3. The summed E-state index contributed by atoms with van der Waals surface area (Å²) < 4.78 is 35.2. The number of benzene rings is 1. The van der Waals surface area contributed by atoms with Crippen LogP contribution in [0.5, 0.6) is 0 Å². The molecule has 2 aliphatic heterocycles. The van der Waals surface area contributed by atoms with Crippen molar-refractivity contribution in [2.45, 2.75) is 65.0 Å². The normalized spacial score (nSPS) is 22.4. The topological polar surface area (TPSA) is 140 Å². The highest BCUT2D eigenvalue weighted by molar-refractivity contribution is 5.93. The van der Waals surface area contributed by atoms with E-state index >= 15 is 0 Å². The molecule has 0 aromatic heterocycles. The molecule has 1 aromatic carbocycles. The highest BCUT2D eigenvalue weighted by Gasteiger charge is 2.36. The zero-order valence-corrected chi connectivity index (χ0v) is 24.9. The van der Waals surface area contributed by atoms with Crippen LogP contribution in [0.3, 0.4) is 0 Å². The molecule has 1 aliphatic carbocycles. The van der Waals surface area contributed by atoms with Gasteiger partial charge in [-0.25, -0.2) is 13.2 Å². The van der Waals surface area contributed by atoms with E-state index in [0.29, 0.717) is 6.41 Å². The summed E-state index contributed by atoms with van der Waals surface area (Å²) in [6.07, 6.45) is 4.78. The van der Waals surface area contributed by atoms with E-state index < -0.39 is 37.2 Å². The Hall–Kier alpha value is -3.17. The molecule has 3 fully saturated rings. The first kappa shape index (κ1) is 36.9. The molecule has 42 heavy (non-hydrogen) atoms. The molecule has 4 rings (SSSR count). The molecule has 12 heteroatoms. The maximum Gasteiger partial charge on any atom is 0.236 e. The number of likely N-dealkylation sites (tertiary alicyclic amines) is 2. The van der Waals surface area contributed by atoms with Crippen molar-refractivity contribution in [3.8, 4) is 6.07 Å². The molecule has 0 radical (unpaired) electrons. The number of hydrogen-bond acceptors (Lipinski definition) is 6. The lowest BCUT2D eigenvalue weighted by Gasteiger charge is -2.22. The molecule has 1 saturated carbocycles. The minimum Gasteiger partial charge on any atom is -0.388 e. The van der Waals surface area contributed by atoms with Crippen LogP contribution < -0.4 is 11.1 Å². The molecule has 4 N–H and O–H groups in total. The molecule has 1 aromatic rings. The Labute approximate surface area is 247 Å². The predicted molar refractivity (Wildman–Crippen MR) is 155 cm³/mol. The number of aliphatic hydroxyl groups is 1. The lowest BCUT2D eigenvalue weighted by molar-refractivity contribution is -0.129. The third-order valence-corrected chi connectivity index (χ3v) is 6.99. The van der Waals surface area contributed by atoms with Crippen molar-refractivity contribution in [2.75, 3.05) is 44.8 Å². The summed E-state index contributed by atoms with van der Waals surface area (Å²) in [6.45, 7) is 6.83. The van der Waals surface area contributed by atoms with Gasteiger partial charge in [0.25, 0.3) is 0 Å². The SMILES string of the molecule is CC(C)C.N#CC1CC(C(=O)Nc2ccccc2F)CN1C=O.NCC(=O)N1CC2CCCCC2C1.OC(CF)CF. The molecule has 236 valence electrons. The van der Waals surface area contributed by atoms with Crippen molar-refractivity contribution < 1.29 is 32.7 Å². The van der Waals surface area contributed by atoms with Crippen LogP contribution in [0.1, 0.15) is 52.9 Å². The fourth-order valence-corrected chi connectivity index (χ4v) is 4.87. The van der Waals surface area contributed by atoms with Gasteiger partial charge in [-0.15, -0.1) is 0 Å². The van der Waals surface area contributed by atoms with Gasteiger partial charge in [-0.2, -0.15) is 5.26 Å². The lowest BCUT2D eigenvalue weighted by Crippen LogP contribution is -2.34. The Morgan fingerprint density at radius 3 is 2.07 bits per heavy atom. The Kier molecular flexibility index (Phi) is 17.4. The summed E-state index contributed by atoms with van der Waals surface area (Å²) in [7, 11) is 0. The van der Waals surface area contributed by atoms with Gasteiger partial charge in [-0.1, -0.05) is 45.7 Å². The van der Waals surface area contributed by atoms with Crippen molar-refractivity contribution in [1.82, 2.24) is 9.80 Å². The highest BCUT2D eigenvalue weighted by Crippen LogP contribution is 2.35. The Balaban J connectivity index is 0.000000330. The number of amides is 3. The van der Waals surface area contributed by atoms with Crippen LogP contribution in [0, 0.1) is 40.8 Å². The molecule has 0 spiro atoms. The quantitative estimate of drug-likeness (QED) is 0.428. The molecule has 2 heterocycles. The summed E-state index contributed by atoms with van der Waals surface area (Å²) >= 11 is 0. The van der Waals surface area contributed by atoms with Gasteiger partial charge in [0.15, 0.2) is 0 Å². The van der Waals surface area contributed by atoms with Crippen molar-refractivity contribution in [2.24, 2.45) is 29.4 Å². The number of halogens is 3. The molecule has 0 bridgehead atoms. The number of fused-ring (bicyclic) bond motifs is 1. The summed E-state index contributed by atoms with van der Waals surface area (Å²) in [5.41, 5.74) is 5.45. The van der Waals surface area contributed by atoms with E-state index in [1.54, 1.807) is 6.07 Å². The van der Waals surface area contributed by atoms with Crippen molar-refractivity contribution in [3.63, 3.8) is 0 Å². The zero-order chi connectivity index (χ0) is 31.7. The number of anilines is 1. The molecule has 3 amide bonds. The monoisotopic (exact) mass is 597 g/mol. The Morgan fingerprint density at radius 2 is 1.67 bits per heavy atom. The van der Waals surface area contributed by atoms with Gasteiger partial charge in [0, 0.05) is 19.6 Å². The van der Waals surface area contributed by atoms with Crippen molar-refractivity contribution in [1.29, 1.82) is 5.26 Å². The predicted octanol–water partition coefficient (Wildman–Crippen LogP) is 3.68. The second kappa shape index (κ2) is 19.9. The summed E-state index contributed by atoms with van der Waals surface area (Å²) in [6, 6.07) is 7.23. The molecule has 4 atom stereocenters. The minimum atomic E-state index is -1.40. The number of aliphatic hydroxyl groups excluding tert-OH is 1. The van der Waals surface area contributed by atoms with E-state index in [-0.39, 0.29) is 37.0 Å². The highest BCUT2D eigenvalue weighted by atomic mass is 19.1. The molecule has 9 nitrogen and oxygen atoms in total. The lowest BCUT2D eigenvalue weighted by atomic mass is 9.82. The average molecular weight is 598 g/mol. The van der Waals surface area contributed by atoms with E-state index in [0.717, 1.165) is 30.8 Å².